The van der Waals surface area contributed by atoms with E-state index < -0.39 is 0 Å². The van der Waals surface area contributed by atoms with Gasteiger partial charge < -0.3 is 18.0 Å². The molecular formula is C56H32O4S2. The van der Waals surface area contributed by atoms with E-state index in [1.807, 2.05) is 53.8 Å². The van der Waals surface area contributed by atoms with E-state index in [0.29, 0.717) is 0 Å². The number of fused-ring (bicyclic) bond motifs is 10. The standard InChI is InChI=1S/C56H32O4S2/c1-32-24-36(34-10-6-3-7-11-34)22-23-57-49-30-50-43(28-39(32)49)41-26-37(13-16-47(41)58-50)53-18-20-55(61-53)56-21-19-54(62-56)38-14-17-48-42(27-38)45-29-44-40-25-35(33-8-4-2-5-9-33)12-15-46(40)59-51(44)31-52(45)60-48/h2-31H,1H2/b23-22-,36-24+. The van der Waals surface area contributed by atoms with E-state index >= 15 is 0 Å². The lowest BCUT2D eigenvalue weighted by Gasteiger charge is -2.13. The summed E-state index contributed by atoms with van der Waals surface area (Å²) in [5.41, 5.74) is 13.6. The third-order valence-corrected chi connectivity index (χ3v) is 14.5. The van der Waals surface area contributed by atoms with Crippen molar-refractivity contribution in [1.29, 1.82) is 0 Å². The van der Waals surface area contributed by atoms with Gasteiger partial charge in [0.25, 0.3) is 0 Å². The zero-order chi connectivity index (χ0) is 40.9. The minimum absolute atomic E-state index is 0.722. The van der Waals surface area contributed by atoms with Gasteiger partial charge in [-0.25, -0.2) is 0 Å². The Hall–Kier alpha value is -7.64. The Labute approximate surface area is 363 Å². The number of furan rings is 3. The highest BCUT2D eigenvalue weighted by Crippen LogP contribution is 2.45. The number of ether oxygens (including phenoxy) is 1. The van der Waals surface area contributed by atoms with Gasteiger partial charge in [0, 0.05) is 69.5 Å². The summed E-state index contributed by atoms with van der Waals surface area (Å²) in [5.74, 6) is 0.722. The molecule has 0 atom stereocenters. The van der Waals surface area contributed by atoms with Crippen molar-refractivity contribution in [3.63, 3.8) is 0 Å². The van der Waals surface area contributed by atoms with E-state index in [-0.39, 0.29) is 0 Å². The monoisotopic (exact) mass is 832 g/mol. The van der Waals surface area contributed by atoms with Gasteiger partial charge >= 0.3 is 0 Å². The number of allylic oxidation sites excluding steroid dienone is 4. The van der Waals surface area contributed by atoms with Crippen LogP contribution in [0.25, 0.3) is 119 Å². The molecule has 0 spiro atoms. The summed E-state index contributed by atoms with van der Waals surface area (Å²) < 4.78 is 25.2. The smallest absolute Gasteiger partial charge is 0.139 e. The van der Waals surface area contributed by atoms with E-state index in [1.165, 1.54) is 36.2 Å². The quantitative estimate of drug-likeness (QED) is 0.173. The van der Waals surface area contributed by atoms with Gasteiger partial charge in [-0.15, -0.1) is 22.7 Å². The molecule has 6 heteroatoms. The van der Waals surface area contributed by atoms with Crippen molar-refractivity contribution in [3.05, 3.63) is 200 Å². The maximum Gasteiger partial charge on any atom is 0.139 e. The van der Waals surface area contributed by atoms with Crippen LogP contribution in [0.15, 0.2) is 202 Å². The van der Waals surface area contributed by atoms with E-state index in [2.05, 4.69) is 140 Å². The van der Waals surface area contributed by atoms with Crippen molar-refractivity contribution in [2.45, 2.75) is 0 Å². The van der Waals surface area contributed by atoms with Gasteiger partial charge in [0.2, 0.25) is 0 Å². The first-order chi connectivity index (χ1) is 30.6. The predicted molar refractivity (Wildman–Crippen MR) is 259 cm³/mol. The molecule has 0 bridgehead atoms. The van der Waals surface area contributed by atoms with E-state index in [9.17, 15) is 0 Å². The molecule has 13 rings (SSSR count). The minimum Gasteiger partial charge on any atom is -0.464 e. The third kappa shape index (κ3) is 5.72. The number of thiophene rings is 2. The molecule has 6 heterocycles. The van der Waals surface area contributed by atoms with Gasteiger partial charge in [-0.3, -0.25) is 0 Å². The minimum atomic E-state index is 0.722. The van der Waals surface area contributed by atoms with E-state index in [0.717, 1.165) is 99.4 Å². The van der Waals surface area contributed by atoms with Gasteiger partial charge in [-0.1, -0.05) is 73.3 Å². The van der Waals surface area contributed by atoms with Crippen LogP contribution < -0.4 is 4.74 Å². The molecule has 0 saturated heterocycles. The molecule has 0 unspecified atom stereocenters. The van der Waals surface area contributed by atoms with Crippen molar-refractivity contribution in [3.8, 4) is 47.5 Å². The molecule has 0 N–H and O–H groups in total. The molecule has 1 aliphatic heterocycles. The Morgan fingerprint density at radius 2 is 0.855 bits per heavy atom. The first kappa shape index (κ1) is 35.1. The SMILES string of the molecule is C=C1/C=C(c2ccccc2)\C=C/Oc2cc3oc4ccc(-c5ccc(-c6ccc(-c7ccc8oc9cc%10oc%11ccc(-c%12ccccc%12)cc%11c%10cc9c8c7)s6)s5)cc4c3cc21. The molecule has 0 aliphatic carbocycles. The summed E-state index contributed by atoms with van der Waals surface area (Å²) in [5, 5.41) is 6.46. The van der Waals surface area contributed by atoms with Gasteiger partial charge in [0.1, 0.15) is 39.2 Å². The normalized spacial score (nSPS) is 14.4. The second-order valence-electron chi connectivity index (χ2n) is 15.7. The fraction of sp³-hybridized carbons (Fsp3) is 0. The lowest BCUT2D eigenvalue weighted by molar-refractivity contribution is 0.479. The second kappa shape index (κ2) is 13.7. The highest BCUT2D eigenvalue weighted by Gasteiger charge is 2.19. The van der Waals surface area contributed by atoms with Crippen LogP contribution in [0.1, 0.15) is 11.1 Å². The Bertz CT molecular complexity index is 3850. The van der Waals surface area contributed by atoms with E-state index in [1.54, 1.807) is 17.6 Å². The van der Waals surface area contributed by atoms with Crippen molar-refractivity contribution in [2.75, 3.05) is 0 Å². The van der Waals surface area contributed by atoms with Crippen LogP contribution in [0.5, 0.6) is 5.75 Å². The van der Waals surface area contributed by atoms with Crippen molar-refractivity contribution >= 4 is 99.6 Å². The number of rotatable bonds is 5. The molecule has 0 fully saturated rings. The zero-order valence-electron chi connectivity index (χ0n) is 33.0. The number of benzene rings is 7. The summed E-state index contributed by atoms with van der Waals surface area (Å²) in [6.45, 7) is 4.45. The number of hydrogen-bond acceptors (Lipinski definition) is 6. The van der Waals surface area contributed by atoms with Crippen LogP contribution in [0.3, 0.4) is 0 Å². The lowest BCUT2D eigenvalue weighted by atomic mass is 9.97. The zero-order valence-corrected chi connectivity index (χ0v) is 34.6. The molecule has 4 nitrogen and oxygen atoms in total. The molecule has 7 aromatic carbocycles. The molecule has 0 radical (unpaired) electrons. The fourth-order valence-corrected chi connectivity index (χ4v) is 11.0. The second-order valence-corrected chi connectivity index (χ2v) is 17.9. The summed E-state index contributed by atoms with van der Waals surface area (Å²) in [7, 11) is 0. The molecular weight excluding hydrogens is 801 g/mol. The van der Waals surface area contributed by atoms with Gasteiger partial charge in [-0.05, 0) is 136 Å². The molecule has 1 aliphatic rings. The molecule has 12 aromatic rings. The van der Waals surface area contributed by atoms with Crippen molar-refractivity contribution in [2.24, 2.45) is 0 Å². The maximum absolute atomic E-state index is 6.39. The largest absolute Gasteiger partial charge is 0.464 e. The Balaban J connectivity index is 0.816. The highest BCUT2D eigenvalue weighted by molar-refractivity contribution is 7.25. The summed E-state index contributed by atoms with van der Waals surface area (Å²) in [6, 6.07) is 57.5. The molecule has 5 aromatic heterocycles. The third-order valence-electron chi connectivity index (χ3n) is 12.0. The van der Waals surface area contributed by atoms with Crippen LogP contribution in [0, 0.1) is 0 Å². The van der Waals surface area contributed by atoms with Crippen LogP contribution in [0.2, 0.25) is 0 Å². The van der Waals surface area contributed by atoms with Gasteiger partial charge in [0.15, 0.2) is 0 Å². The fourth-order valence-electron chi connectivity index (χ4n) is 8.87. The Morgan fingerprint density at radius 3 is 1.45 bits per heavy atom. The lowest BCUT2D eigenvalue weighted by Crippen LogP contribution is -1.94. The molecule has 0 amide bonds. The van der Waals surface area contributed by atoms with Crippen LogP contribution in [-0.4, -0.2) is 0 Å². The first-order valence-electron chi connectivity index (χ1n) is 20.5. The van der Waals surface area contributed by atoms with Gasteiger partial charge in [0.05, 0.1) is 6.26 Å². The van der Waals surface area contributed by atoms with Crippen LogP contribution in [0.4, 0.5) is 0 Å². The summed E-state index contributed by atoms with van der Waals surface area (Å²) in [4.78, 5) is 4.88. The Kier molecular flexibility index (Phi) is 7.76. The molecule has 0 saturated carbocycles. The van der Waals surface area contributed by atoms with Crippen LogP contribution >= 0.6 is 22.7 Å². The average Bonchev–Trinajstić information content (AvgIpc) is 4.16. The van der Waals surface area contributed by atoms with E-state index in [4.69, 9.17) is 18.0 Å². The highest BCUT2D eigenvalue weighted by atomic mass is 32.1. The average molecular weight is 833 g/mol. The summed E-state index contributed by atoms with van der Waals surface area (Å²) >= 11 is 3.62. The van der Waals surface area contributed by atoms with Crippen molar-refractivity contribution < 1.29 is 18.0 Å². The molecule has 62 heavy (non-hydrogen) atoms. The van der Waals surface area contributed by atoms with Crippen molar-refractivity contribution in [1.82, 2.24) is 0 Å². The Morgan fingerprint density at radius 1 is 0.371 bits per heavy atom. The maximum atomic E-state index is 6.39. The van der Waals surface area contributed by atoms with Gasteiger partial charge in [-0.2, -0.15) is 0 Å². The predicted octanol–water partition coefficient (Wildman–Crippen LogP) is 17.2. The molecule has 292 valence electrons. The summed E-state index contributed by atoms with van der Waals surface area (Å²) in [6.07, 6.45) is 5.84. The number of hydrogen-bond donors (Lipinski definition) is 0. The first-order valence-corrected chi connectivity index (χ1v) is 22.1. The van der Waals surface area contributed by atoms with Crippen LogP contribution in [-0.2, 0) is 0 Å². The topological polar surface area (TPSA) is 48.7 Å².